The second kappa shape index (κ2) is 14.0. The average Bonchev–Trinajstić information content (AvgIpc) is 2.96. The maximum absolute atomic E-state index is 10.5. The van der Waals surface area contributed by atoms with E-state index in [1.807, 2.05) is 29.7 Å². The van der Waals surface area contributed by atoms with Crippen LogP contribution in [0.5, 0.6) is 11.5 Å². The Morgan fingerprint density at radius 2 is 0.973 bits per heavy atom. The number of hydrogen-bond acceptors (Lipinski definition) is 4. The summed E-state index contributed by atoms with van der Waals surface area (Å²) in [5.41, 5.74) is 8.72. The minimum atomic E-state index is 0.391. The Morgan fingerprint density at radius 3 is 1.38 bits per heavy atom. The van der Waals surface area contributed by atoms with Crippen LogP contribution in [0.25, 0.3) is 11.1 Å². The molecule has 0 spiro atoms. The molecule has 0 aliphatic carbocycles. The van der Waals surface area contributed by atoms with Crippen molar-refractivity contribution in [3.63, 3.8) is 0 Å². The molecule has 0 fully saturated rings. The van der Waals surface area contributed by atoms with Gasteiger partial charge in [0, 0.05) is 0 Å². The lowest BCUT2D eigenvalue weighted by Crippen LogP contribution is -2.09. The highest BCUT2D eigenvalue weighted by atomic mass is 16.5. The normalized spacial score (nSPS) is 11.6. The molecule has 0 atom stereocenters. The molecule has 0 saturated carbocycles. The standard InChI is InChI=1S/C33H34NO3/c1-2-3-24-36-30-19-15-28(16-20-30)32(26-11-6-4-7-12-26)33(27-13-8-5-9-14-27)29-17-21-31(22-18-29)37-25-10-23-34-35/h4-9,11-22,34H,2-3,10,23-25H2,1H3/q-1/b33-32+. The highest BCUT2D eigenvalue weighted by Gasteiger charge is 2.16. The van der Waals surface area contributed by atoms with Crippen molar-refractivity contribution in [1.82, 2.24) is 5.48 Å². The number of unbranched alkanes of at least 4 members (excludes halogenated alkanes) is 1. The minimum absolute atomic E-state index is 0.391. The number of ether oxygens (including phenoxy) is 2. The molecular formula is C33H34NO3-. The van der Waals surface area contributed by atoms with E-state index in [0.717, 1.165) is 64.3 Å². The number of hydrogen-bond donors (Lipinski definition) is 1. The van der Waals surface area contributed by atoms with Crippen molar-refractivity contribution in [2.45, 2.75) is 26.2 Å². The fourth-order valence-corrected chi connectivity index (χ4v) is 4.22. The molecule has 1 N–H and O–H groups in total. The summed E-state index contributed by atoms with van der Waals surface area (Å²) in [5, 5.41) is 10.5. The first-order chi connectivity index (χ1) is 18.3. The monoisotopic (exact) mass is 492 g/mol. The van der Waals surface area contributed by atoms with Crippen LogP contribution in [0.3, 0.4) is 0 Å². The van der Waals surface area contributed by atoms with Crippen LogP contribution < -0.4 is 15.0 Å². The molecule has 0 heterocycles. The third kappa shape index (κ3) is 7.32. The van der Waals surface area contributed by atoms with Gasteiger partial charge in [0.1, 0.15) is 11.5 Å². The molecule has 4 aromatic carbocycles. The smallest absolute Gasteiger partial charge is 0.119 e. The first-order valence-electron chi connectivity index (χ1n) is 13.0. The van der Waals surface area contributed by atoms with Crippen LogP contribution in [0.4, 0.5) is 0 Å². The van der Waals surface area contributed by atoms with Gasteiger partial charge in [0.25, 0.3) is 0 Å². The van der Waals surface area contributed by atoms with E-state index >= 15 is 0 Å². The lowest BCUT2D eigenvalue weighted by Gasteiger charge is -2.19. The van der Waals surface area contributed by atoms with Crippen LogP contribution in [-0.2, 0) is 0 Å². The van der Waals surface area contributed by atoms with Crippen LogP contribution in [0.2, 0.25) is 0 Å². The molecule has 0 aliphatic heterocycles. The van der Waals surface area contributed by atoms with Gasteiger partial charge < -0.3 is 20.2 Å². The topological polar surface area (TPSA) is 53.5 Å². The van der Waals surface area contributed by atoms with E-state index in [0.29, 0.717) is 19.6 Å². The Morgan fingerprint density at radius 1 is 0.568 bits per heavy atom. The quantitative estimate of drug-likeness (QED) is 0.118. The summed E-state index contributed by atoms with van der Waals surface area (Å²) in [6.45, 7) is 3.79. The molecule has 0 aliphatic rings. The predicted octanol–water partition coefficient (Wildman–Crippen LogP) is 7.73. The van der Waals surface area contributed by atoms with E-state index in [1.165, 1.54) is 0 Å². The molecule has 4 rings (SSSR count). The van der Waals surface area contributed by atoms with Gasteiger partial charge in [-0.05, 0) is 77.1 Å². The van der Waals surface area contributed by atoms with Crippen molar-refractivity contribution in [3.05, 3.63) is 137 Å². The predicted molar refractivity (Wildman–Crippen MR) is 153 cm³/mol. The molecule has 0 bridgehead atoms. The minimum Gasteiger partial charge on any atom is -0.788 e. The average molecular weight is 493 g/mol. The van der Waals surface area contributed by atoms with Gasteiger partial charge in [0.15, 0.2) is 0 Å². The van der Waals surface area contributed by atoms with Crippen molar-refractivity contribution in [3.8, 4) is 11.5 Å². The Kier molecular flexibility index (Phi) is 9.94. The van der Waals surface area contributed by atoms with Gasteiger partial charge in [-0.25, -0.2) is 0 Å². The zero-order valence-corrected chi connectivity index (χ0v) is 21.4. The fourth-order valence-electron chi connectivity index (χ4n) is 4.22. The third-order valence-electron chi connectivity index (χ3n) is 6.12. The summed E-state index contributed by atoms with van der Waals surface area (Å²) in [6, 6.07) is 37.6. The van der Waals surface area contributed by atoms with Crippen molar-refractivity contribution >= 4 is 11.1 Å². The van der Waals surface area contributed by atoms with Crippen LogP contribution in [0, 0.1) is 5.21 Å². The highest BCUT2D eigenvalue weighted by Crippen LogP contribution is 2.37. The van der Waals surface area contributed by atoms with Gasteiger partial charge in [0.2, 0.25) is 0 Å². The zero-order valence-electron chi connectivity index (χ0n) is 21.4. The van der Waals surface area contributed by atoms with Gasteiger partial charge in [-0.1, -0.05) is 98.3 Å². The molecule has 190 valence electrons. The zero-order chi connectivity index (χ0) is 25.7. The van der Waals surface area contributed by atoms with Crippen LogP contribution in [0.1, 0.15) is 48.4 Å². The Bertz CT molecular complexity index is 1230. The molecule has 4 heteroatoms. The van der Waals surface area contributed by atoms with Gasteiger partial charge in [-0.2, -0.15) is 0 Å². The van der Waals surface area contributed by atoms with Crippen molar-refractivity contribution in [2.75, 3.05) is 19.8 Å². The maximum Gasteiger partial charge on any atom is 0.119 e. The Hall–Kier alpha value is -3.86. The molecule has 4 nitrogen and oxygen atoms in total. The maximum atomic E-state index is 10.5. The van der Waals surface area contributed by atoms with E-state index in [4.69, 9.17) is 9.47 Å². The summed E-state index contributed by atoms with van der Waals surface area (Å²) in [5.74, 6) is 1.68. The Balaban J connectivity index is 1.79. The number of benzene rings is 4. The molecule has 0 aromatic heterocycles. The molecule has 0 saturated heterocycles. The van der Waals surface area contributed by atoms with Crippen molar-refractivity contribution in [2.24, 2.45) is 0 Å². The summed E-state index contributed by atoms with van der Waals surface area (Å²) >= 11 is 0. The van der Waals surface area contributed by atoms with E-state index < -0.39 is 0 Å². The van der Waals surface area contributed by atoms with Gasteiger partial charge in [-0.15, -0.1) is 0 Å². The van der Waals surface area contributed by atoms with E-state index in [9.17, 15) is 5.21 Å². The van der Waals surface area contributed by atoms with E-state index in [1.54, 1.807) is 0 Å². The highest BCUT2D eigenvalue weighted by molar-refractivity contribution is 6.04. The molecule has 0 amide bonds. The largest absolute Gasteiger partial charge is 0.788 e. The molecular weight excluding hydrogens is 458 g/mol. The first-order valence-corrected chi connectivity index (χ1v) is 13.0. The molecule has 4 aromatic rings. The molecule has 37 heavy (non-hydrogen) atoms. The number of hydroxylamine groups is 1. The summed E-state index contributed by atoms with van der Waals surface area (Å²) in [7, 11) is 0. The number of rotatable bonds is 13. The van der Waals surface area contributed by atoms with Crippen molar-refractivity contribution in [1.29, 1.82) is 0 Å². The summed E-state index contributed by atoms with van der Waals surface area (Å²) in [4.78, 5) is 0. The van der Waals surface area contributed by atoms with Crippen LogP contribution in [-0.4, -0.2) is 19.8 Å². The van der Waals surface area contributed by atoms with Crippen molar-refractivity contribution < 1.29 is 9.47 Å². The SMILES string of the molecule is CCCCOc1ccc(/C(=C(\c2ccccc2)c2ccc(OCCCN[O-])cc2)c2ccccc2)cc1. The lowest BCUT2D eigenvalue weighted by atomic mass is 9.86. The van der Waals surface area contributed by atoms with Crippen LogP contribution in [0.15, 0.2) is 109 Å². The third-order valence-corrected chi connectivity index (χ3v) is 6.12. The van der Waals surface area contributed by atoms with Gasteiger partial charge >= 0.3 is 0 Å². The molecule has 0 radical (unpaired) electrons. The summed E-state index contributed by atoms with van der Waals surface area (Å²) < 4.78 is 11.7. The summed E-state index contributed by atoms with van der Waals surface area (Å²) in [6.07, 6.45) is 2.82. The lowest BCUT2D eigenvalue weighted by molar-refractivity contribution is 0.309. The first kappa shape index (κ1) is 26.2. The fraction of sp³-hybridized carbons (Fsp3) is 0.212. The Labute approximate surface area is 220 Å². The van der Waals surface area contributed by atoms with E-state index in [-0.39, 0.29) is 0 Å². The molecule has 0 unspecified atom stereocenters. The van der Waals surface area contributed by atoms with Gasteiger partial charge in [0.05, 0.1) is 13.2 Å². The second-order valence-corrected chi connectivity index (χ2v) is 8.83. The second-order valence-electron chi connectivity index (χ2n) is 8.83. The van der Waals surface area contributed by atoms with Gasteiger partial charge in [-0.3, -0.25) is 0 Å². The number of nitrogens with one attached hydrogen (secondary N) is 1. The van der Waals surface area contributed by atoms with E-state index in [2.05, 4.69) is 91.9 Å². The van der Waals surface area contributed by atoms with Crippen LogP contribution >= 0.6 is 0 Å².